The highest BCUT2D eigenvalue weighted by atomic mass is 16.1. The minimum absolute atomic E-state index is 0.190. The molecule has 1 heterocycles. The highest BCUT2D eigenvalue weighted by Crippen LogP contribution is 2.29. The van der Waals surface area contributed by atoms with Crippen molar-refractivity contribution in [2.75, 3.05) is 36.4 Å². The molecule has 5 nitrogen and oxygen atoms in total. The zero-order valence-electron chi connectivity index (χ0n) is 25.1. The van der Waals surface area contributed by atoms with Gasteiger partial charge in [-0.1, -0.05) is 81.4 Å². The van der Waals surface area contributed by atoms with E-state index < -0.39 is 0 Å². The maximum absolute atomic E-state index is 12.5. The number of benzene rings is 3. The lowest BCUT2D eigenvalue weighted by Crippen LogP contribution is -2.51. The molecule has 1 amide bonds. The Morgan fingerprint density at radius 3 is 2.07 bits per heavy atom. The summed E-state index contributed by atoms with van der Waals surface area (Å²) in [7, 11) is 0. The van der Waals surface area contributed by atoms with E-state index >= 15 is 0 Å². The smallest absolute Gasteiger partial charge is 0.257 e. The molecule has 1 saturated carbocycles. The average molecular weight is 553 g/mol. The fourth-order valence-electron chi connectivity index (χ4n) is 5.99. The highest BCUT2D eigenvalue weighted by Gasteiger charge is 2.27. The van der Waals surface area contributed by atoms with Gasteiger partial charge in [0.1, 0.15) is 0 Å². The zero-order chi connectivity index (χ0) is 29.0. The first-order valence-corrected chi connectivity index (χ1v) is 15.4. The van der Waals surface area contributed by atoms with Crippen molar-refractivity contribution in [2.24, 2.45) is 11.7 Å². The SMILES string of the molecule is CC1CCC(N2CCN(c3ccccc3)CC2)CC1.CCC(C)c1ccccc1/C(=C\N)C(=O)Nc1ccccc1. The van der Waals surface area contributed by atoms with E-state index in [4.69, 9.17) is 5.73 Å². The highest BCUT2D eigenvalue weighted by molar-refractivity contribution is 6.25. The summed E-state index contributed by atoms with van der Waals surface area (Å²) in [6.45, 7) is 11.6. The number of hydrogen-bond acceptors (Lipinski definition) is 4. The van der Waals surface area contributed by atoms with Crippen LogP contribution in [0.25, 0.3) is 5.57 Å². The van der Waals surface area contributed by atoms with Crippen molar-refractivity contribution < 1.29 is 4.79 Å². The van der Waals surface area contributed by atoms with Crippen LogP contribution in [-0.4, -0.2) is 43.0 Å². The molecule has 41 heavy (non-hydrogen) atoms. The van der Waals surface area contributed by atoms with Crippen molar-refractivity contribution >= 4 is 22.9 Å². The minimum Gasteiger partial charge on any atom is -0.404 e. The topological polar surface area (TPSA) is 61.6 Å². The maximum atomic E-state index is 12.5. The van der Waals surface area contributed by atoms with Gasteiger partial charge in [0.15, 0.2) is 0 Å². The predicted molar refractivity (Wildman–Crippen MR) is 174 cm³/mol. The minimum atomic E-state index is -0.190. The number of nitrogens with two attached hydrogens (primary N) is 1. The summed E-state index contributed by atoms with van der Waals surface area (Å²) in [5.41, 5.74) is 10.4. The van der Waals surface area contributed by atoms with Crippen LogP contribution in [0.1, 0.15) is 69.9 Å². The van der Waals surface area contributed by atoms with Crippen LogP contribution >= 0.6 is 0 Å². The second-order valence-corrected chi connectivity index (χ2v) is 11.6. The summed E-state index contributed by atoms with van der Waals surface area (Å²) in [5.74, 6) is 1.14. The van der Waals surface area contributed by atoms with Crippen molar-refractivity contribution in [3.63, 3.8) is 0 Å². The molecule has 3 aromatic rings. The van der Waals surface area contributed by atoms with Crippen LogP contribution in [-0.2, 0) is 4.79 Å². The Bertz CT molecular complexity index is 1230. The van der Waals surface area contributed by atoms with Crippen LogP contribution in [0.15, 0.2) is 91.1 Å². The molecular weight excluding hydrogens is 504 g/mol. The summed E-state index contributed by atoms with van der Waals surface area (Å²) in [6.07, 6.45) is 8.11. The normalized spacial score (nSPS) is 20.5. The van der Waals surface area contributed by atoms with Gasteiger partial charge < -0.3 is 16.0 Å². The van der Waals surface area contributed by atoms with Crippen molar-refractivity contribution in [2.45, 2.75) is 64.8 Å². The molecule has 0 radical (unpaired) electrons. The Labute approximate surface area is 247 Å². The van der Waals surface area contributed by atoms with Gasteiger partial charge in [-0.25, -0.2) is 0 Å². The third-order valence-corrected chi connectivity index (χ3v) is 8.77. The number of carbonyl (C=O) groups excluding carboxylic acids is 1. The third kappa shape index (κ3) is 8.46. The fraction of sp³-hybridized carbons (Fsp3) is 0.417. The Hall–Kier alpha value is -3.57. The van der Waals surface area contributed by atoms with Crippen molar-refractivity contribution in [3.8, 4) is 0 Å². The number of rotatable bonds is 7. The van der Waals surface area contributed by atoms with Crippen LogP contribution in [0.5, 0.6) is 0 Å². The maximum Gasteiger partial charge on any atom is 0.257 e. The van der Waals surface area contributed by atoms with Crippen LogP contribution in [0, 0.1) is 5.92 Å². The first-order chi connectivity index (χ1) is 20.0. The van der Waals surface area contributed by atoms with Crippen LogP contribution in [0.4, 0.5) is 11.4 Å². The molecule has 2 fully saturated rings. The summed E-state index contributed by atoms with van der Waals surface area (Å²) >= 11 is 0. The second kappa shape index (κ2) is 15.4. The number of nitrogens with one attached hydrogen (secondary N) is 1. The van der Waals surface area contributed by atoms with Gasteiger partial charge in [0, 0.05) is 49.8 Å². The van der Waals surface area contributed by atoms with E-state index in [1.807, 2.05) is 48.5 Å². The molecule has 1 atom stereocenters. The molecule has 1 unspecified atom stereocenters. The van der Waals surface area contributed by atoms with Gasteiger partial charge in [-0.15, -0.1) is 0 Å². The predicted octanol–water partition coefficient (Wildman–Crippen LogP) is 7.53. The number of amides is 1. The molecule has 2 aliphatic rings. The lowest BCUT2D eigenvalue weighted by Gasteiger charge is -2.42. The summed E-state index contributed by atoms with van der Waals surface area (Å²) in [6, 6.07) is 29.0. The number of para-hydroxylation sites is 2. The molecule has 218 valence electrons. The first-order valence-electron chi connectivity index (χ1n) is 15.4. The van der Waals surface area contributed by atoms with Gasteiger partial charge in [0.25, 0.3) is 5.91 Å². The summed E-state index contributed by atoms with van der Waals surface area (Å²) < 4.78 is 0. The van der Waals surface area contributed by atoms with E-state index in [0.29, 0.717) is 11.5 Å². The quantitative estimate of drug-likeness (QED) is 0.298. The van der Waals surface area contributed by atoms with Crippen LogP contribution in [0.2, 0.25) is 0 Å². The van der Waals surface area contributed by atoms with E-state index in [1.54, 1.807) is 0 Å². The molecular formula is C36H48N4O. The van der Waals surface area contributed by atoms with Crippen LogP contribution < -0.4 is 16.0 Å². The zero-order valence-corrected chi connectivity index (χ0v) is 25.1. The van der Waals surface area contributed by atoms with Gasteiger partial charge in [0.05, 0.1) is 5.57 Å². The van der Waals surface area contributed by atoms with Gasteiger partial charge in [0.2, 0.25) is 0 Å². The lowest BCUT2D eigenvalue weighted by molar-refractivity contribution is -0.111. The van der Waals surface area contributed by atoms with E-state index in [9.17, 15) is 4.79 Å². The fourth-order valence-corrected chi connectivity index (χ4v) is 5.99. The Morgan fingerprint density at radius 2 is 1.46 bits per heavy atom. The molecule has 5 rings (SSSR count). The first kappa shape index (κ1) is 30.4. The van der Waals surface area contributed by atoms with E-state index in [-0.39, 0.29) is 5.91 Å². The molecule has 1 aliphatic heterocycles. The molecule has 5 heteroatoms. The van der Waals surface area contributed by atoms with Crippen LogP contribution in [0.3, 0.4) is 0 Å². The van der Waals surface area contributed by atoms with Gasteiger partial charge in [-0.2, -0.15) is 0 Å². The molecule has 3 aromatic carbocycles. The second-order valence-electron chi connectivity index (χ2n) is 11.6. The summed E-state index contributed by atoms with van der Waals surface area (Å²) in [4.78, 5) is 17.8. The van der Waals surface area contributed by atoms with Gasteiger partial charge in [-0.3, -0.25) is 9.69 Å². The largest absolute Gasteiger partial charge is 0.404 e. The average Bonchev–Trinajstić information content (AvgIpc) is 3.03. The number of anilines is 2. The molecule has 3 N–H and O–H groups in total. The summed E-state index contributed by atoms with van der Waals surface area (Å²) in [5, 5.41) is 2.89. The Balaban J connectivity index is 0.000000191. The standard InChI is InChI=1S/C19H22N2O.C17H26N2/c1-3-14(2)16-11-7-8-12-17(16)18(13-20)19(22)21-15-9-5-4-6-10-15;1-15-7-9-17(10-8-15)19-13-11-18(12-14-19)16-5-3-2-4-6-16/h4-14H,3,20H2,1-2H3,(H,21,22);2-6,15,17H,7-14H2,1H3/b18-13+;. The molecule has 1 saturated heterocycles. The molecule has 0 spiro atoms. The third-order valence-electron chi connectivity index (χ3n) is 8.77. The van der Waals surface area contributed by atoms with Crippen molar-refractivity contribution in [3.05, 3.63) is 102 Å². The lowest BCUT2D eigenvalue weighted by atomic mass is 9.86. The van der Waals surface area contributed by atoms with Gasteiger partial charge in [-0.05, 0) is 79.3 Å². The van der Waals surface area contributed by atoms with E-state index in [0.717, 1.165) is 35.2 Å². The number of hydrogen-bond donors (Lipinski definition) is 2. The Kier molecular flexibility index (Phi) is 11.4. The monoisotopic (exact) mass is 552 g/mol. The molecule has 1 aliphatic carbocycles. The molecule has 0 aromatic heterocycles. The van der Waals surface area contributed by atoms with Crippen molar-refractivity contribution in [1.82, 2.24) is 4.90 Å². The van der Waals surface area contributed by atoms with Gasteiger partial charge >= 0.3 is 0 Å². The number of piperazine rings is 1. The van der Waals surface area contributed by atoms with E-state index in [2.05, 4.69) is 72.3 Å². The van der Waals surface area contributed by atoms with Crippen molar-refractivity contribution in [1.29, 1.82) is 0 Å². The number of nitrogens with zero attached hydrogens (tertiary/aromatic N) is 2. The Morgan fingerprint density at radius 1 is 0.878 bits per heavy atom. The molecule has 0 bridgehead atoms. The number of carbonyl (C=O) groups is 1. The van der Waals surface area contributed by atoms with E-state index in [1.165, 1.54) is 63.7 Å².